The number of ether oxygens (including phenoxy) is 1. The van der Waals surface area contributed by atoms with Crippen molar-refractivity contribution in [2.45, 2.75) is 108 Å². The Morgan fingerprint density at radius 3 is 1.85 bits per heavy atom. The molecule has 0 bridgehead atoms. The van der Waals surface area contributed by atoms with Crippen LogP contribution in [0.1, 0.15) is 113 Å². The first-order valence-corrected chi connectivity index (χ1v) is 14.8. The van der Waals surface area contributed by atoms with Gasteiger partial charge in [-0.05, 0) is 63.4 Å². The second-order valence-corrected chi connectivity index (χ2v) is 9.38. The molecule has 0 unspecified atom stereocenters. The Morgan fingerprint density at radius 2 is 1.43 bits per heavy atom. The van der Waals surface area contributed by atoms with Crippen LogP contribution < -0.4 is 9.64 Å². The van der Waals surface area contributed by atoms with E-state index in [1.54, 1.807) is 13.3 Å². The number of hydrogen-bond acceptors (Lipinski definition) is 5. The van der Waals surface area contributed by atoms with Crippen LogP contribution in [0.25, 0.3) is 0 Å². The molecule has 0 radical (unpaired) electrons. The van der Waals surface area contributed by atoms with Gasteiger partial charge in [0.15, 0.2) is 5.78 Å². The van der Waals surface area contributed by atoms with Gasteiger partial charge in [0.25, 0.3) is 0 Å². The Kier molecular flexibility index (Phi) is 23.0. The minimum atomic E-state index is -0.0320. The van der Waals surface area contributed by atoms with Gasteiger partial charge in [-0.25, -0.2) is 9.97 Å². The summed E-state index contributed by atoms with van der Waals surface area (Å²) in [4.78, 5) is 22.1. The summed E-state index contributed by atoms with van der Waals surface area (Å²) >= 11 is 0. The van der Waals surface area contributed by atoms with Gasteiger partial charge < -0.3 is 9.64 Å². The minimum Gasteiger partial charge on any atom is -0.496 e. The monoisotopic (exact) mass is 551 g/mol. The molecular formula is C35H57N3O2. The molecule has 1 aromatic heterocycles. The topological polar surface area (TPSA) is 55.3 Å². The molecule has 0 N–H and O–H groups in total. The molecule has 40 heavy (non-hydrogen) atoms. The second kappa shape index (κ2) is 23.7. The molecule has 5 heteroatoms. The molecule has 0 aliphatic heterocycles. The molecule has 0 fully saturated rings. The second-order valence-electron chi connectivity index (χ2n) is 9.38. The molecule has 0 saturated carbocycles. The molecule has 0 saturated heterocycles. The number of benzene rings is 2. The number of unbranched alkanes of at least 4 members (excludes halogenated alkanes) is 3. The number of para-hydroxylation sites is 1. The molecule has 1 heterocycles. The van der Waals surface area contributed by atoms with Crippen LogP contribution in [-0.2, 0) is 0 Å². The van der Waals surface area contributed by atoms with Gasteiger partial charge in [0.1, 0.15) is 17.4 Å². The van der Waals surface area contributed by atoms with Gasteiger partial charge in [-0.1, -0.05) is 104 Å². The molecule has 0 spiro atoms. The van der Waals surface area contributed by atoms with Crippen molar-refractivity contribution in [3.63, 3.8) is 0 Å². The van der Waals surface area contributed by atoms with E-state index in [2.05, 4.69) is 56.7 Å². The molecule has 0 atom stereocenters. The Bertz CT molecular complexity index is 1080. The van der Waals surface area contributed by atoms with Crippen molar-refractivity contribution in [1.82, 2.24) is 9.97 Å². The van der Waals surface area contributed by atoms with Crippen molar-refractivity contribution in [3.05, 3.63) is 76.7 Å². The van der Waals surface area contributed by atoms with Crippen molar-refractivity contribution in [2.24, 2.45) is 0 Å². The zero-order valence-corrected chi connectivity index (χ0v) is 27.8. The summed E-state index contributed by atoms with van der Waals surface area (Å²) in [5.74, 6) is 2.24. The van der Waals surface area contributed by atoms with Crippen molar-refractivity contribution in [1.29, 1.82) is 0 Å². The average molecular weight is 552 g/mol. The SMILES string of the molecule is CC.CC(=O)c1cnc(C)nc1N(C)c1ccccc1C.CCCC.CCCCC.COc1cc(C)ccc1C. The maximum Gasteiger partial charge on any atom is 0.165 e. The fraction of sp³-hybridized carbons (Fsp3) is 0.514. The number of aromatic nitrogens is 2. The molecule has 3 rings (SSSR count). The van der Waals surface area contributed by atoms with Crippen molar-refractivity contribution >= 4 is 17.3 Å². The van der Waals surface area contributed by atoms with Gasteiger partial charge in [-0.2, -0.15) is 0 Å². The van der Waals surface area contributed by atoms with Crippen LogP contribution >= 0.6 is 0 Å². The fourth-order valence-corrected chi connectivity index (χ4v) is 3.30. The predicted molar refractivity (Wildman–Crippen MR) is 176 cm³/mol. The summed E-state index contributed by atoms with van der Waals surface area (Å²) < 4.78 is 5.13. The maximum absolute atomic E-state index is 11.7. The Morgan fingerprint density at radius 1 is 0.850 bits per heavy atom. The lowest BCUT2D eigenvalue weighted by molar-refractivity contribution is 0.101. The first kappa shape index (κ1) is 38.9. The van der Waals surface area contributed by atoms with E-state index in [0.717, 1.165) is 17.0 Å². The summed E-state index contributed by atoms with van der Waals surface area (Å²) in [6.07, 6.45) is 8.31. The minimum absolute atomic E-state index is 0.0320. The van der Waals surface area contributed by atoms with Crippen LogP contribution in [0, 0.1) is 27.7 Å². The summed E-state index contributed by atoms with van der Waals surface area (Å²) in [6.45, 7) is 22.3. The number of methoxy groups -OCH3 is 1. The quantitative estimate of drug-likeness (QED) is 0.273. The Balaban J connectivity index is 0. The molecule has 3 aromatic rings. The van der Waals surface area contributed by atoms with Gasteiger partial charge in [-0.3, -0.25) is 4.79 Å². The smallest absolute Gasteiger partial charge is 0.165 e. The van der Waals surface area contributed by atoms with E-state index in [1.165, 1.54) is 50.2 Å². The Labute approximate surface area is 246 Å². The summed E-state index contributed by atoms with van der Waals surface area (Å²) in [5.41, 5.74) is 5.13. The van der Waals surface area contributed by atoms with Gasteiger partial charge in [0.2, 0.25) is 0 Å². The maximum atomic E-state index is 11.7. The van der Waals surface area contributed by atoms with E-state index in [4.69, 9.17) is 4.74 Å². The van der Waals surface area contributed by atoms with Crippen LogP contribution in [0.3, 0.4) is 0 Å². The molecule has 2 aromatic carbocycles. The largest absolute Gasteiger partial charge is 0.496 e. The van der Waals surface area contributed by atoms with Gasteiger partial charge in [-0.15, -0.1) is 0 Å². The molecule has 0 aliphatic rings. The number of hydrogen-bond donors (Lipinski definition) is 0. The molecule has 224 valence electrons. The zero-order chi connectivity index (χ0) is 31.1. The third kappa shape index (κ3) is 15.4. The van der Waals surface area contributed by atoms with Crippen LogP contribution in [0.5, 0.6) is 5.75 Å². The van der Waals surface area contributed by atoms with Gasteiger partial charge in [0.05, 0.1) is 12.7 Å². The summed E-state index contributed by atoms with van der Waals surface area (Å²) in [7, 11) is 3.61. The normalized spacial score (nSPS) is 9.22. The van der Waals surface area contributed by atoms with E-state index < -0.39 is 0 Å². The van der Waals surface area contributed by atoms with Gasteiger partial charge >= 0.3 is 0 Å². The predicted octanol–water partition coefficient (Wildman–Crippen LogP) is 10.4. The van der Waals surface area contributed by atoms with Crippen molar-refractivity contribution in [2.75, 3.05) is 19.1 Å². The Hall–Kier alpha value is -3.21. The van der Waals surface area contributed by atoms with Crippen molar-refractivity contribution < 1.29 is 9.53 Å². The van der Waals surface area contributed by atoms with E-state index >= 15 is 0 Å². The lowest BCUT2D eigenvalue weighted by Gasteiger charge is -2.22. The highest BCUT2D eigenvalue weighted by Crippen LogP contribution is 2.27. The van der Waals surface area contributed by atoms with Gasteiger partial charge in [0, 0.05) is 18.9 Å². The van der Waals surface area contributed by atoms with Crippen LogP contribution in [-0.4, -0.2) is 29.9 Å². The average Bonchev–Trinajstić information content (AvgIpc) is 2.96. The highest BCUT2D eigenvalue weighted by molar-refractivity contribution is 5.99. The number of anilines is 2. The molecule has 0 aliphatic carbocycles. The number of aryl methyl sites for hydroxylation is 4. The van der Waals surface area contributed by atoms with Crippen LogP contribution in [0.2, 0.25) is 0 Å². The first-order valence-electron chi connectivity index (χ1n) is 14.8. The van der Waals surface area contributed by atoms with Crippen LogP contribution in [0.15, 0.2) is 48.7 Å². The highest BCUT2D eigenvalue weighted by Gasteiger charge is 2.16. The van der Waals surface area contributed by atoms with E-state index in [-0.39, 0.29) is 5.78 Å². The molecular weight excluding hydrogens is 494 g/mol. The standard InChI is InChI=1S/C15H17N3O.C9H12O.C5H12.C4H10.C2H6/c1-10-7-5-6-8-14(10)18(4)15-13(11(2)19)9-16-12(3)17-15;1-7-4-5-8(2)9(6-7)10-3;1-3-5-4-2;1-3-4-2;1-2/h5-9H,1-4H3;4-6H,1-3H3;3-5H2,1-2H3;3-4H2,1-2H3;1-2H3. The number of carbonyl (C=O) groups excluding carboxylic acids is 1. The van der Waals surface area contributed by atoms with Crippen molar-refractivity contribution in [3.8, 4) is 5.75 Å². The summed E-state index contributed by atoms with van der Waals surface area (Å²) in [5, 5.41) is 0. The lowest BCUT2D eigenvalue weighted by Crippen LogP contribution is -2.17. The number of ketones is 1. The van der Waals surface area contributed by atoms with E-state index in [0.29, 0.717) is 17.2 Å². The number of Topliss-reactive ketones (excluding diaryl/α,β-unsaturated/α-hetero) is 1. The highest BCUT2D eigenvalue weighted by atomic mass is 16.5. The fourth-order valence-electron chi connectivity index (χ4n) is 3.30. The molecule has 5 nitrogen and oxygen atoms in total. The van der Waals surface area contributed by atoms with E-state index in [1.807, 2.05) is 76.9 Å². The first-order chi connectivity index (χ1) is 19.1. The molecule has 0 amide bonds. The number of nitrogens with zero attached hydrogens (tertiary/aromatic N) is 3. The zero-order valence-electron chi connectivity index (χ0n) is 27.8. The third-order valence-electron chi connectivity index (χ3n) is 5.83. The number of carbonyl (C=O) groups is 1. The van der Waals surface area contributed by atoms with E-state index in [9.17, 15) is 4.79 Å². The van der Waals surface area contributed by atoms with Crippen LogP contribution in [0.4, 0.5) is 11.5 Å². The third-order valence-corrected chi connectivity index (χ3v) is 5.83. The lowest BCUT2D eigenvalue weighted by atomic mass is 10.1. The summed E-state index contributed by atoms with van der Waals surface area (Å²) in [6, 6.07) is 14.2. The number of rotatable bonds is 7.